The van der Waals surface area contributed by atoms with E-state index >= 15 is 0 Å². The van der Waals surface area contributed by atoms with Crippen LogP contribution in [-0.2, 0) is 6.54 Å². The number of nitrogens with zero attached hydrogens (tertiary/aromatic N) is 1. The molecule has 0 saturated carbocycles. The van der Waals surface area contributed by atoms with Crippen molar-refractivity contribution in [1.82, 2.24) is 4.90 Å². The number of amides is 1. The molecule has 3 rings (SSSR count). The molecule has 18 heavy (non-hydrogen) atoms. The van der Waals surface area contributed by atoms with Gasteiger partial charge in [0.1, 0.15) is 5.75 Å². The van der Waals surface area contributed by atoms with Gasteiger partial charge >= 0.3 is 0 Å². The van der Waals surface area contributed by atoms with E-state index in [1.54, 1.807) is 18.2 Å². The summed E-state index contributed by atoms with van der Waals surface area (Å²) in [6, 6.07) is 5.29. The maximum Gasteiger partial charge on any atom is 0.254 e. The zero-order valence-corrected chi connectivity index (χ0v) is 10.9. The third-order valence-corrected chi connectivity index (χ3v) is 3.34. The molecule has 0 spiro atoms. The molecule has 1 aliphatic heterocycles. The minimum atomic E-state index is 0.101. The van der Waals surface area contributed by atoms with E-state index in [9.17, 15) is 9.90 Å². The van der Waals surface area contributed by atoms with Crippen molar-refractivity contribution in [2.75, 3.05) is 0 Å². The summed E-state index contributed by atoms with van der Waals surface area (Å²) in [6.07, 6.45) is 6.15. The highest BCUT2D eigenvalue weighted by Crippen LogP contribution is 2.30. The van der Waals surface area contributed by atoms with Crippen LogP contribution in [0.1, 0.15) is 42.6 Å². The molecular formula is C15H19NO2. The average molecular weight is 245 g/mol. The molecule has 1 aliphatic carbocycles. The van der Waals surface area contributed by atoms with Crippen molar-refractivity contribution >= 4 is 5.91 Å². The Morgan fingerprint density at radius 2 is 1.89 bits per heavy atom. The van der Waals surface area contributed by atoms with E-state index < -0.39 is 0 Å². The number of hydrogen-bond donors (Lipinski definition) is 1. The molecule has 1 amide bonds. The normalized spacial score (nSPS) is 17.7. The van der Waals surface area contributed by atoms with Crippen molar-refractivity contribution in [2.45, 2.75) is 39.3 Å². The molecule has 1 N–H and O–H groups in total. The van der Waals surface area contributed by atoms with Gasteiger partial charge in [-0.2, -0.15) is 0 Å². The summed E-state index contributed by atoms with van der Waals surface area (Å²) < 4.78 is 0. The number of benzene rings is 1. The number of hydrogen-bond acceptors (Lipinski definition) is 2. The standard InChI is InChI=1S/C13H13NO2.C2H6/c15-11-5-6-12-9(7-11)8-14(13(12)16)10-3-1-2-4-10;1-2/h1-2,5-7,10,15H,3-4,8H2;1-2H3. The Balaban J connectivity index is 0.000000574. The predicted octanol–water partition coefficient (Wildman–Crippen LogP) is 3.09. The number of phenols is 1. The molecule has 1 aromatic carbocycles. The van der Waals surface area contributed by atoms with Crippen molar-refractivity contribution in [3.8, 4) is 5.75 Å². The molecule has 0 fully saturated rings. The molecule has 0 bridgehead atoms. The van der Waals surface area contributed by atoms with Crippen LogP contribution < -0.4 is 0 Å². The van der Waals surface area contributed by atoms with Gasteiger partial charge in [-0.15, -0.1) is 0 Å². The average Bonchev–Trinajstić information content (AvgIpc) is 3.00. The summed E-state index contributed by atoms with van der Waals surface area (Å²) in [6.45, 7) is 4.63. The Bertz CT molecular complexity index is 471. The molecule has 0 atom stereocenters. The summed E-state index contributed by atoms with van der Waals surface area (Å²) in [5.41, 5.74) is 1.68. The molecule has 0 radical (unpaired) electrons. The van der Waals surface area contributed by atoms with Crippen molar-refractivity contribution in [3.63, 3.8) is 0 Å². The van der Waals surface area contributed by atoms with Gasteiger partial charge in [0.15, 0.2) is 0 Å². The fraction of sp³-hybridized carbons (Fsp3) is 0.400. The fourth-order valence-corrected chi connectivity index (χ4v) is 2.48. The van der Waals surface area contributed by atoms with E-state index in [0.29, 0.717) is 12.6 Å². The first kappa shape index (κ1) is 12.7. The minimum Gasteiger partial charge on any atom is -0.508 e. The Morgan fingerprint density at radius 1 is 1.22 bits per heavy atom. The summed E-state index contributed by atoms with van der Waals surface area (Å²) in [5.74, 6) is 0.335. The SMILES string of the molecule is CC.O=C1c2ccc(O)cc2CN1C1CC=CC1. The molecule has 2 aliphatic rings. The highest BCUT2D eigenvalue weighted by atomic mass is 16.3. The Hall–Kier alpha value is -1.77. The first-order chi connectivity index (χ1) is 8.75. The van der Waals surface area contributed by atoms with Crippen molar-refractivity contribution < 1.29 is 9.90 Å². The van der Waals surface area contributed by atoms with Crippen LogP contribution in [0.25, 0.3) is 0 Å². The molecular weight excluding hydrogens is 226 g/mol. The Kier molecular flexibility index (Phi) is 3.70. The lowest BCUT2D eigenvalue weighted by Gasteiger charge is -2.23. The van der Waals surface area contributed by atoms with Gasteiger partial charge in [0.05, 0.1) is 0 Å². The van der Waals surface area contributed by atoms with Crippen LogP contribution in [0.3, 0.4) is 0 Å². The number of aromatic hydroxyl groups is 1. The third-order valence-electron chi connectivity index (χ3n) is 3.34. The third kappa shape index (κ3) is 2.13. The van der Waals surface area contributed by atoms with Crippen LogP contribution in [0, 0.1) is 0 Å². The van der Waals surface area contributed by atoms with E-state index in [2.05, 4.69) is 12.2 Å². The van der Waals surface area contributed by atoms with E-state index in [4.69, 9.17) is 0 Å². The van der Waals surface area contributed by atoms with Gasteiger partial charge < -0.3 is 10.0 Å². The zero-order valence-electron chi connectivity index (χ0n) is 10.9. The quantitative estimate of drug-likeness (QED) is 0.772. The van der Waals surface area contributed by atoms with Gasteiger partial charge in [-0.1, -0.05) is 26.0 Å². The molecule has 0 saturated heterocycles. The largest absolute Gasteiger partial charge is 0.508 e. The van der Waals surface area contributed by atoms with E-state index in [0.717, 1.165) is 24.0 Å². The molecule has 0 unspecified atom stereocenters. The highest BCUT2D eigenvalue weighted by molar-refractivity contribution is 5.98. The Morgan fingerprint density at radius 3 is 2.56 bits per heavy atom. The molecule has 1 heterocycles. The number of carbonyl (C=O) groups excluding carboxylic acids is 1. The summed E-state index contributed by atoms with van der Waals surface area (Å²) in [4.78, 5) is 14.0. The number of rotatable bonds is 1. The lowest BCUT2D eigenvalue weighted by atomic mass is 10.1. The molecule has 96 valence electrons. The van der Waals surface area contributed by atoms with Gasteiger partial charge in [-0.05, 0) is 36.6 Å². The first-order valence-corrected chi connectivity index (χ1v) is 6.53. The second-order valence-corrected chi connectivity index (χ2v) is 4.37. The van der Waals surface area contributed by atoms with Gasteiger partial charge in [-0.3, -0.25) is 4.79 Å². The number of phenolic OH excluding ortho intramolecular Hbond substituents is 1. The number of fused-ring (bicyclic) bond motifs is 1. The van der Waals surface area contributed by atoms with Crippen LogP contribution in [0.4, 0.5) is 0 Å². The lowest BCUT2D eigenvalue weighted by Crippen LogP contribution is -2.33. The molecule has 0 aromatic heterocycles. The number of carbonyl (C=O) groups is 1. The molecule has 3 heteroatoms. The summed E-state index contributed by atoms with van der Waals surface area (Å²) in [5, 5.41) is 9.39. The van der Waals surface area contributed by atoms with E-state index in [-0.39, 0.29) is 11.7 Å². The van der Waals surface area contributed by atoms with Crippen molar-refractivity contribution in [3.05, 3.63) is 41.5 Å². The van der Waals surface area contributed by atoms with Gasteiger partial charge in [0.25, 0.3) is 5.91 Å². The highest BCUT2D eigenvalue weighted by Gasteiger charge is 2.32. The van der Waals surface area contributed by atoms with Crippen LogP contribution in [0.15, 0.2) is 30.4 Å². The van der Waals surface area contributed by atoms with Gasteiger partial charge in [0, 0.05) is 18.2 Å². The second-order valence-electron chi connectivity index (χ2n) is 4.37. The lowest BCUT2D eigenvalue weighted by molar-refractivity contribution is 0.0712. The smallest absolute Gasteiger partial charge is 0.254 e. The summed E-state index contributed by atoms with van der Waals surface area (Å²) >= 11 is 0. The van der Waals surface area contributed by atoms with Crippen molar-refractivity contribution in [2.24, 2.45) is 0 Å². The zero-order chi connectivity index (χ0) is 13.1. The van der Waals surface area contributed by atoms with Crippen molar-refractivity contribution in [1.29, 1.82) is 0 Å². The van der Waals surface area contributed by atoms with Crippen LogP contribution in [0.2, 0.25) is 0 Å². The first-order valence-electron chi connectivity index (χ1n) is 6.53. The second kappa shape index (κ2) is 5.25. The maximum absolute atomic E-state index is 12.1. The van der Waals surface area contributed by atoms with Gasteiger partial charge in [-0.25, -0.2) is 0 Å². The van der Waals surface area contributed by atoms with Crippen LogP contribution >= 0.6 is 0 Å². The van der Waals surface area contributed by atoms with Gasteiger partial charge in [0.2, 0.25) is 0 Å². The topological polar surface area (TPSA) is 40.5 Å². The minimum absolute atomic E-state index is 0.101. The van der Waals surface area contributed by atoms with E-state index in [1.165, 1.54) is 0 Å². The molecule has 1 aromatic rings. The predicted molar refractivity (Wildman–Crippen MR) is 71.5 cm³/mol. The summed E-state index contributed by atoms with van der Waals surface area (Å²) in [7, 11) is 0. The van der Waals surface area contributed by atoms with Crippen LogP contribution in [0.5, 0.6) is 5.75 Å². The van der Waals surface area contributed by atoms with E-state index in [1.807, 2.05) is 18.7 Å². The Labute approximate surface area is 108 Å². The maximum atomic E-state index is 12.1. The monoisotopic (exact) mass is 245 g/mol. The fourth-order valence-electron chi connectivity index (χ4n) is 2.48. The molecule has 3 nitrogen and oxygen atoms in total. The van der Waals surface area contributed by atoms with Crippen LogP contribution in [-0.4, -0.2) is 22.0 Å².